The summed E-state index contributed by atoms with van der Waals surface area (Å²) in [6.07, 6.45) is 8.01. The van der Waals surface area contributed by atoms with Crippen molar-refractivity contribution in [2.45, 2.75) is 6.92 Å². The third kappa shape index (κ3) is 4.47. The van der Waals surface area contributed by atoms with Gasteiger partial charge in [-0.3, -0.25) is 0 Å². The summed E-state index contributed by atoms with van der Waals surface area (Å²) in [5.74, 6) is 0.645. The van der Waals surface area contributed by atoms with E-state index in [1.54, 1.807) is 0 Å². The van der Waals surface area contributed by atoms with E-state index in [2.05, 4.69) is 103 Å². The van der Waals surface area contributed by atoms with E-state index in [1.807, 2.05) is 60.7 Å². The van der Waals surface area contributed by atoms with Crippen LogP contribution in [0.15, 0.2) is 157 Å². The van der Waals surface area contributed by atoms with Crippen LogP contribution in [0.4, 0.5) is 0 Å². The highest BCUT2D eigenvalue weighted by molar-refractivity contribution is 6.13. The van der Waals surface area contributed by atoms with Crippen LogP contribution in [-0.4, -0.2) is 14.5 Å². The van der Waals surface area contributed by atoms with Crippen molar-refractivity contribution in [1.29, 1.82) is 0 Å². The Bertz CT molecular complexity index is 2440. The van der Waals surface area contributed by atoms with Gasteiger partial charge in [0.05, 0.1) is 22.1 Å². The fraction of sp³-hybridized carbons (Fsp3) is 0.0244. The monoisotopic (exact) mass is 579 g/mol. The highest BCUT2D eigenvalue weighted by Gasteiger charge is 2.19. The lowest BCUT2D eigenvalue weighted by Gasteiger charge is -2.09. The summed E-state index contributed by atoms with van der Waals surface area (Å²) < 4.78 is 8.71. The molecule has 0 aliphatic carbocycles. The van der Waals surface area contributed by atoms with Crippen LogP contribution in [0.5, 0.6) is 0 Å². The maximum Gasteiger partial charge on any atom is 0.231 e. The molecule has 3 aromatic heterocycles. The van der Waals surface area contributed by atoms with Crippen LogP contribution < -0.4 is 0 Å². The number of furan rings is 1. The number of rotatable bonds is 6. The van der Waals surface area contributed by atoms with Crippen molar-refractivity contribution in [3.8, 4) is 33.8 Å². The van der Waals surface area contributed by atoms with Crippen LogP contribution in [0.3, 0.4) is 0 Å². The van der Waals surface area contributed by atoms with Gasteiger partial charge in [0.15, 0.2) is 5.82 Å². The molecule has 0 fully saturated rings. The third-order valence-electron chi connectivity index (χ3n) is 8.37. The van der Waals surface area contributed by atoms with Gasteiger partial charge in [0.2, 0.25) is 5.71 Å². The Kier molecular flexibility index (Phi) is 6.46. The van der Waals surface area contributed by atoms with Crippen molar-refractivity contribution in [2.75, 3.05) is 0 Å². The van der Waals surface area contributed by atoms with E-state index in [9.17, 15) is 0 Å². The maximum absolute atomic E-state index is 6.40. The molecule has 8 aromatic rings. The molecule has 0 atom stereocenters. The number of para-hydroxylation sites is 1. The van der Waals surface area contributed by atoms with Crippen LogP contribution in [0.25, 0.3) is 83.3 Å². The predicted molar refractivity (Wildman–Crippen MR) is 188 cm³/mol. The molecule has 0 saturated carbocycles. The minimum atomic E-state index is 0.583. The zero-order chi connectivity index (χ0) is 30.3. The lowest BCUT2D eigenvalue weighted by molar-refractivity contribution is 0.653. The second-order valence-corrected chi connectivity index (χ2v) is 11.0. The molecule has 0 amide bonds. The minimum absolute atomic E-state index is 0.583. The predicted octanol–water partition coefficient (Wildman–Crippen LogP) is 11.1. The third-order valence-corrected chi connectivity index (χ3v) is 8.37. The van der Waals surface area contributed by atoms with Crippen molar-refractivity contribution in [1.82, 2.24) is 14.5 Å². The van der Waals surface area contributed by atoms with Gasteiger partial charge in [0.25, 0.3) is 0 Å². The number of hydrogen-bond acceptors (Lipinski definition) is 3. The quantitative estimate of drug-likeness (QED) is 0.184. The van der Waals surface area contributed by atoms with Gasteiger partial charge >= 0.3 is 0 Å². The van der Waals surface area contributed by atoms with E-state index in [0.29, 0.717) is 11.5 Å². The average Bonchev–Trinajstić information content (AvgIpc) is 3.64. The number of fused-ring (bicyclic) bond motifs is 6. The molecule has 3 heterocycles. The zero-order valence-corrected chi connectivity index (χ0v) is 24.8. The Hall–Kier alpha value is -6.00. The summed E-state index contributed by atoms with van der Waals surface area (Å²) in [6.45, 7) is 5.93. The topological polar surface area (TPSA) is 43.9 Å². The van der Waals surface area contributed by atoms with Crippen LogP contribution in [0.2, 0.25) is 0 Å². The standard InChI is InChI=1S/C41H29N3O/c1-3-5-18-31(4-2)44-35-20-13-12-19-32(35)33-25-29(21-23-36(33)44)30-22-24-37-34(26-30)38-39(27-14-8-6-9-15-27)42-40(43-41(38)45-37)28-16-10-7-11-17-28/h3-26H,1H2,2H3/b18-5-,31-4+. The smallest absolute Gasteiger partial charge is 0.231 e. The van der Waals surface area contributed by atoms with Gasteiger partial charge in [-0.25, -0.2) is 4.98 Å². The van der Waals surface area contributed by atoms with E-state index in [4.69, 9.17) is 14.4 Å². The molecular weight excluding hydrogens is 550 g/mol. The second-order valence-electron chi connectivity index (χ2n) is 11.0. The zero-order valence-electron chi connectivity index (χ0n) is 24.8. The number of allylic oxidation sites excluding steroid dienone is 5. The van der Waals surface area contributed by atoms with Gasteiger partial charge in [0, 0.05) is 33.0 Å². The molecule has 0 aliphatic rings. The van der Waals surface area contributed by atoms with Gasteiger partial charge < -0.3 is 8.98 Å². The lowest BCUT2D eigenvalue weighted by Crippen LogP contribution is -1.94. The highest BCUT2D eigenvalue weighted by atomic mass is 16.3. The Labute approximate surface area is 260 Å². The Balaban J connectivity index is 1.34. The fourth-order valence-corrected chi connectivity index (χ4v) is 6.27. The van der Waals surface area contributed by atoms with Crippen molar-refractivity contribution in [2.24, 2.45) is 0 Å². The molecule has 45 heavy (non-hydrogen) atoms. The first-order chi connectivity index (χ1) is 22.2. The number of aromatic nitrogens is 3. The molecule has 5 aromatic carbocycles. The summed E-state index contributed by atoms with van der Waals surface area (Å²) in [7, 11) is 0. The van der Waals surface area contributed by atoms with Crippen LogP contribution in [-0.2, 0) is 0 Å². The number of hydrogen-bond donors (Lipinski definition) is 0. The van der Waals surface area contributed by atoms with E-state index in [1.165, 1.54) is 16.3 Å². The molecule has 0 bridgehead atoms. The van der Waals surface area contributed by atoms with E-state index in [0.717, 1.165) is 55.5 Å². The van der Waals surface area contributed by atoms with Gasteiger partial charge in [-0.1, -0.05) is 116 Å². The first-order valence-corrected chi connectivity index (χ1v) is 15.1. The molecule has 0 N–H and O–H groups in total. The Morgan fingerprint density at radius 2 is 1.33 bits per heavy atom. The molecule has 0 aliphatic heterocycles. The van der Waals surface area contributed by atoms with E-state index < -0.39 is 0 Å². The molecule has 4 nitrogen and oxygen atoms in total. The molecule has 0 radical (unpaired) electrons. The summed E-state index contributed by atoms with van der Waals surface area (Å²) in [5.41, 5.74) is 9.87. The summed E-state index contributed by atoms with van der Waals surface area (Å²) >= 11 is 0. The second kappa shape index (κ2) is 10.9. The molecule has 4 heteroatoms. The molecule has 8 rings (SSSR count). The van der Waals surface area contributed by atoms with Gasteiger partial charge in [-0.2, -0.15) is 4.98 Å². The summed E-state index contributed by atoms with van der Waals surface area (Å²) in [5, 5.41) is 4.33. The fourth-order valence-electron chi connectivity index (χ4n) is 6.27. The van der Waals surface area contributed by atoms with Crippen molar-refractivity contribution in [3.63, 3.8) is 0 Å². The van der Waals surface area contributed by atoms with Gasteiger partial charge in [-0.05, 0) is 54.5 Å². The number of benzene rings is 5. The van der Waals surface area contributed by atoms with Crippen molar-refractivity contribution in [3.05, 3.63) is 152 Å². The first kappa shape index (κ1) is 26.6. The van der Waals surface area contributed by atoms with Gasteiger partial charge in [-0.15, -0.1) is 0 Å². The lowest BCUT2D eigenvalue weighted by atomic mass is 9.99. The number of nitrogens with zero attached hydrogens (tertiary/aromatic N) is 3. The molecule has 0 spiro atoms. The molecule has 214 valence electrons. The summed E-state index contributed by atoms with van der Waals surface area (Å²) in [4.78, 5) is 10.00. The van der Waals surface area contributed by atoms with Crippen molar-refractivity contribution < 1.29 is 4.42 Å². The van der Waals surface area contributed by atoms with Crippen LogP contribution >= 0.6 is 0 Å². The summed E-state index contributed by atoms with van der Waals surface area (Å²) in [6, 6.07) is 42.0. The SMILES string of the molecule is C=C/C=C\C(=C/C)n1c2ccccc2c2cc(-c3ccc4oc5nc(-c6ccccc6)nc(-c6ccccc6)c5c4c3)ccc21. The van der Waals surface area contributed by atoms with Crippen LogP contribution in [0, 0.1) is 0 Å². The average molecular weight is 580 g/mol. The van der Waals surface area contributed by atoms with E-state index in [-0.39, 0.29) is 0 Å². The molecular formula is C41H29N3O. The first-order valence-electron chi connectivity index (χ1n) is 15.1. The Morgan fingerprint density at radius 3 is 2.09 bits per heavy atom. The van der Waals surface area contributed by atoms with Crippen molar-refractivity contribution >= 4 is 49.6 Å². The normalized spacial score (nSPS) is 12.2. The largest absolute Gasteiger partial charge is 0.438 e. The maximum atomic E-state index is 6.40. The van der Waals surface area contributed by atoms with Gasteiger partial charge in [0.1, 0.15) is 5.58 Å². The molecule has 0 unspecified atom stereocenters. The van der Waals surface area contributed by atoms with E-state index >= 15 is 0 Å². The molecule has 0 saturated heterocycles. The Morgan fingerprint density at radius 1 is 0.667 bits per heavy atom. The van der Waals surface area contributed by atoms with Crippen LogP contribution in [0.1, 0.15) is 6.92 Å². The highest BCUT2D eigenvalue weighted by Crippen LogP contribution is 2.40. The minimum Gasteiger partial charge on any atom is -0.438 e.